The van der Waals surface area contributed by atoms with Crippen LogP contribution >= 0.6 is 11.6 Å². The number of nitrogens with zero attached hydrogens (tertiary/aromatic N) is 2. The minimum Gasteiger partial charge on any atom is -0.478 e. The first-order valence-electron chi connectivity index (χ1n) is 5.68. The van der Waals surface area contributed by atoms with Crippen molar-refractivity contribution in [3.8, 4) is 11.1 Å². The van der Waals surface area contributed by atoms with Crippen LogP contribution in [0.1, 0.15) is 30.2 Å². The molecule has 1 N–H and O–H groups in total. The van der Waals surface area contributed by atoms with E-state index in [0.717, 1.165) is 0 Å². The van der Waals surface area contributed by atoms with Crippen molar-refractivity contribution in [3.05, 3.63) is 40.9 Å². The van der Waals surface area contributed by atoms with Gasteiger partial charge in [0.25, 0.3) is 0 Å². The molecule has 0 aliphatic heterocycles. The standard InChI is InChI=1S/C13H12ClFN2O2/c1-7(2)17-12(15)11(6-16-17)10-5-8(14)3-4-9(10)13(18)19/h3-7H,1-2H3,(H,18,19). The van der Waals surface area contributed by atoms with E-state index in [-0.39, 0.29) is 22.7 Å². The van der Waals surface area contributed by atoms with Gasteiger partial charge >= 0.3 is 5.97 Å². The Labute approximate surface area is 114 Å². The Kier molecular flexibility index (Phi) is 3.57. The van der Waals surface area contributed by atoms with Gasteiger partial charge in [-0.25, -0.2) is 9.48 Å². The van der Waals surface area contributed by atoms with E-state index < -0.39 is 11.9 Å². The van der Waals surface area contributed by atoms with Gasteiger partial charge in [-0.15, -0.1) is 0 Å². The first-order chi connectivity index (χ1) is 8.91. The van der Waals surface area contributed by atoms with Gasteiger partial charge in [0.05, 0.1) is 17.3 Å². The van der Waals surface area contributed by atoms with Gasteiger partial charge < -0.3 is 5.11 Å². The van der Waals surface area contributed by atoms with E-state index in [1.807, 2.05) is 0 Å². The normalized spacial score (nSPS) is 11.0. The Bertz CT molecular complexity index is 638. The summed E-state index contributed by atoms with van der Waals surface area (Å²) in [7, 11) is 0. The summed E-state index contributed by atoms with van der Waals surface area (Å²) in [6, 6.07) is 4.09. The number of carboxylic acid groups (broad SMARTS) is 1. The lowest BCUT2D eigenvalue weighted by atomic mass is 10.0. The Hall–Kier alpha value is -1.88. The highest BCUT2D eigenvalue weighted by atomic mass is 35.5. The molecule has 6 heteroatoms. The molecule has 0 aliphatic carbocycles. The fourth-order valence-electron chi connectivity index (χ4n) is 1.81. The summed E-state index contributed by atoms with van der Waals surface area (Å²) in [6.45, 7) is 3.58. The van der Waals surface area contributed by atoms with Gasteiger partial charge in [-0.2, -0.15) is 9.49 Å². The number of rotatable bonds is 3. The van der Waals surface area contributed by atoms with Crippen LogP contribution in [-0.2, 0) is 0 Å². The average molecular weight is 283 g/mol. The van der Waals surface area contributed by atoms with E-state index in [0.29, 0.717) is 5.02 Å². The van der Waals surface area contributed by atoms with E-state index in [2.05, 4.69) is 5.10 Å². The number of aromatic nitrogens is 2. The lowest BCUT2D eigenvalue weighted by molar-refractivity contribution is 0.0698. The minimum absolute atomic E-state index is 0.00777. The van der Waals surface area contributed by atoms with Crippen LogP contribution in [0, 0.1) is 5.95 Å². The van der Waals surface area contributed by atoms with Crippen molar-refractivity contribution < 1.29 is 14.3 Å². The second kappa shape index (κ2) is 5.01. The quantitative estimate of drug-likeness (QED) is 0.935. The lowest BCUT2D eigenvalue weighted by Crippen LogP contribution is -2.06. The highest BCUT2D eigenvalue weighted by Crippen LogP contribution is 2.30. The van der Waals surface area contributed by atoms with Gasteiger partial charge in [-0.05, 0) is 32.0 Å². The predicted octanol–water partition coefficient (Wildman–Crippen LogP) is 3.62. The summed E-state index contributed by atoms with van der Waals surface area (Å²) in [4.78, 5) is 11.2. The van der Waals surface area contributed by atoms with E-state index in [9.17, 15) is 9.18 Å². The number of hydrogen-bond donors (Lipinski definition) is 1. The Morgan fingerprint density at radius 3 is 2.63 bits per heavy atom. The van der Waals surface area contributed by atoms with Crippen LogP contribution in [0.25, 0.3) is 11.1 Å². The van der Waals surface area contributed by atoms with Gasteiger partial charge in [0.15, 0.2) is 0 Å². The fourth-order valence-corrected chi connectivity index (χ4v) is 1.99. The number of halogens is 2. The predicted molar refractivity (Wildman–Crippen MR) is 70.0 cm³/mol. The first kappa shape index (κ1) is 13.5. The minimum atomic E-state index is -1.14. The molecule has 0 bridgehead atoms. The van der Waals surface area contributed by atoms with Crippen LogP contribution in [0.5, 0.6) is 0 Å². The molecule has 0 fully saturated rings. The van der Waals surface area contributed by atoms with Crippen LogP contribution < -0.4 is 0 Å². The monoisotopic (exact) mass is 282 g/mol. The zero-order chi connectivity index (χ0) is 14.2. The topological polar surface area (TPSA) is 55.1 Å². The molecule has 4 nitrogen and oxygen atoms in total. The van der Waals surface area contributed by atoms with Crippen LogP contribution in [0.2, 0.25) is 5.02 Å². The van der Waals surface area contributed by atoms with Gasteiger partial charge in [-0.3, -0.25) is 0 Å². The highest BCUT2D eigenvalue weighted by Gasteiger charge is 2.19. The molecule has 0 amide bonds. The Balaban J connectivity index is 2.65. The van der Waals surface area contributed by atoms with E-state index in [1.165, 1.54) is 29.1 Å². The maximum Gasteiger partial charge on any atom is 0.336 e. The van der Waals surface area contributed by atoms with Crippen molar-refractivity contribution in [2.45, 2.75) is 19.9 Å². The van der Waals surface area contributed by atoms with Crippen molar-refractivity contribution >= 4 is 17.6 Å². The molecule has 2 rings (SSSR count). The summed E-state index contributed by atoms with van der Waals surface area (Å²) in [6.07, 6.45) is 1.31. The number of carboxylic acids is 1. The van der Waals surface area contributed by atoms with Crippen molar-refractivity contribution in [1.82, 2.24) is 9.78 Å². The SMILES string of the molecule is CC(C)n1ncc(-c2cc(Cl)ccc2C(=O)O)c1F. The molecular weight excluding hydrogens is 271 g/mol. The van der Waals surface area contributed by atoms with Crippen molar-refractivity contribution in [2.75, 3.05) is 0 Å². The fraction of sp³-hybridized carbons (Fsp3) is 0.231. The van der Waals surface area contributed by atoms with Crippen LogP contribution in [-0.4, -0.2) is 20.9 Å². The first-order valence-corrected chi connectivity index (χ1v) is 6.06. The van der Waals surface area contributed by atoms with Crippen molar-refractivity contribution in [1.29, 1.82) is 0 Å². The second-order valence-electron chi connectivity index (χ2n) is 4.38. The number of aromatic carboxylic acids is 1. The third-order valence-electron chi connectivity index (χ3n) is 2.73. The van der Waals surface area contributed by atoms with Gasteiger partial charge in [0.2, 0.25) is 5.95 Å². The summed E-state index contributed by atoms with van der Waals surface area (Å²) in [5.41, 5.74) is 0.351. The maximum atomic E-state index is 14.2. The molecule has 0 spiro atoms. The average Bonchev–Trinajstić information content (AvgIpc) is 2.70. The van der Waals surface area contributed by atoms with E-state index >= 15 is 0 Å². The number of benzene rings is 1. The zero-order valence-corrected chi connectivity index (χ0v) is 11.1. The summed E-state index contributed by atoms with van der Waals surface area (Å²) >= 11 is 5.85. The zero-order valence-electron chi connectivity index (χ0n) is 10.4. The molecule has 0 saturated heterocycles. The molecule has 0 radical (unpaired) electrons. The molecular formula is C13H12ClFN2O2. The lowest BCUT2D eigenvalue weighted by Gasteiger charge is -2.07. The molecule has 0 unspecified atom stereocenters. The largest absolute Gasteiger partial charge is 0.478 e. The maximum absolute atomic E-state index is 14.2. The smallest absolute Gasteiger partial charge is 0.336 e. The third kappa shape index (κ3) is 2.46. The van der Waals surface area contributed by atoms with E-state index in [1.54, 1.807) is 13.8 Å². The van der Waals surface area contributed by atoms with Crippen LogP contribution in [0.4, 0.5) is 4.39 Å². The Morgan fingerprint density at radius 2 is 2.11 bits per heavy atom. The Morgan fingerprint density at radius 1 is 1.42 bits per heavy atom. The molecule has 1 aromatic carbocycles. The molecule has 100 valence electrons. The summed E-state index contributed by atoms with van der Waals surface area (Å²) < 4.78 is 15.4. The molecule has 0 aliphatic rings. The molecule has 1 heterocycles. The summed E-state index contributed by atoms with van der Waals surface area (Å²) in [5.74, 6) is -1.71. The molecule has 0 saturated carbocycles. The van der Waals surface area contributed by atoms with Gasteiger partial charge in [0.1, 0.15) is 0 Å². The number of hydrogen-bond acceptors (Lipinski definition) is 2. The second-order valence-corrected chi connectivity index (χ2v) is 4.82. The van der Waals surface area contributed by atoms with Crippen LogP contribution in [0.3, 0.4) is 0 Å². The summed E-state index contributed by atoms with van der Waals surface area (Å²) in [5, 5.41) is 13.4. The molecule has 0 atom stereocenters. The van der Waals surface area contributed by atoms with Gasteiger partial charge in [0, 0.05) is 16.6 Å². The van der Waals surface area contributed by atoms with Gasteiger partial charge in [-0.1, -0.05) is 11.6 Å². The van der Waals surface area contributed by atoms with Crippen molar-refractivity contribution in [3.63, 3.8) is 0 Å². The van der Waals surface area contributed by atoms with E-state index in [4.69, 9.17) is 16.7 Å². The highest BCUT2D eigenvalue weighted by molar-refractivity contribution is 6.31. The number of carbonyl (C=O) groups is 1. The molecule has 1 aromatic heterocycles. The third-order valence-corrected chi connectivity index (χ3v) is 2.96. The molecule has 2 aromatic rings. The van der Waals surface area contributed by atoms with Crippen LogP contribution in [0.15, 0.2) is 24.4 Å². The van der Waals surface area contributed by atoms with Crippen molar-refractivity contribution in [2.24, 2.45) is 0 Å². The molecule has 19 heavy (non-hydrogen) atoms.